The van der Waals surface area contributed by atoms with E-state index in [1.807, 2.05) is 10.6 Å². The Balaban J connectivity index is 1.51. The third-order valence-electron chi connectivity index (χ3n) is 7.58. The lowest BCUT2D eigenvalue weighted by molar-refractivity contribution is 0.00578. The Bertz CT molecular complexity index is 971. The molecule has 6 heteroatoms. The van der Waals surface area contributed by atoms with Gasteiger partial charge in [0.1, 0.15) is 0 Å². The lowest BCUT2D eigenvalue weighted by Crippen LogP contribution is -2.53. The predicted octanol–water partition coefficient (Wildman–Crippen LogP) is 3.64. The smallest absolute Gasteiger partial charge is 0.402 e. The lowest BCUT2D eigenvalue weighted by atomic mass is 9.64. The van der Waals surface area contributed by atoms with E-state index in [1.54, 1.807) is 6.07 Å². The van der Waals surface area contributed by atoms with Gasteiger partial charge in [0.2, 0.25) is 0 Å². The third kappa shape index (κ3) is 3.26. The lowest BCUT2D eigenvalue weighted by Gasteiger charge is -2.47. The summed E-state index contributed by atoms with van der Waals surface area (Å²) >= 11 is 0. The molecule has 2 bridgehead atoms. The van der Waals surface area contributed by atoms with Crippen molar-refractivity contribution in [3.05, 3.63) is 70.1 Å². The van der Waals surface area contributed by atoms with Crippen molar-refractivity contribution in [3.8, 4) is 0 Å². The summed E-state index contributed by atoms with van der Waals surface area (Å²) in [6.45, 7) is 11.2. The SMILES string of the molecule is CC1(C)OB([C@H]2[C@H]3C[C@H](CN(Cc4ccccc4)C3)c3cccc(=O)n32)OC1(C)C. The number of nitrogens with zero attached hydrogens (tertiary/aromatic N) is 2. The van der Waals surface area contributed by atoms with E-state index in [0.717, 1.165) is 31.7 Å². The van der Waals surface area contributed by atoms with Crippen LogP contribution in [0.3, 0.4) is 0 Å². The minimum Gasteiger partial charge on any atom is -0.402 e. The summed E-state index contributed by atoms with van der Waals surface area (Å²) in [4.78, 5) is 15.5. The van der Waals surface area contributed by atoms with Gasteiger partial charge in [0.15, 0.2) is 0 Å². The number of fused-ring (bicyclic) bond motifs is 4. The Labute approximate surface area is 179 Å². The molecule has 0 radical (unpaired) electrons. The molecule has 158 valence electrons. The van der Waals surface area contributed by atoms with Gasteiger partial charge in [-0.2, -0.15) is 0 Å². The molecule has 3 atom stereocenters. The van der Waals surface area contributed by atoms with Crippen LogP contribution in [0.5, 0.6) is 0 Å². The van der Waals surface area contributed by atoms with Gasteiger partial charge in [-0.25, -0.2) is 0 Å². The quantitative estimate of drug-likeness (QED) is 0.731. The zero-order valence-corrected chi connectivity index (χ0v) is 18.4. The summed E-state index contributed by atoms with van der Waals surface area (Å²) < 4.78 is 14.9. The van der Waals surface area contributed by atoms with Gasteiger partial charge in [-0.05, 0) is 51.7 Å². The van der Waals surface area contributed by atoms with E-state index in [1.165, 1.54) is 5.56 Å². The topological polar surface area (TPSA) is 43.7 Å². The van der Waals surface area contributed by atoms with E-state index in [-0.39, 0.29) is 11.5 Å². The minimum absolute atomic E-state index is 0.0541. The molecule has 0 saturated carbocycles. The van der Waals surface area contributed by atoms with Crippen LogP contribution in [-0.2, 0) is 15.9 Å². The Hall–Kier alpha value is -1.89. The summed E-state index contributed by atoms with van der Waals surface area (Å²) in [5, 5.41) is 0. The molecule has 2 saturated heterocycles. The minimum atomic E-state index is -0.420. The van der Waals surface area contributed by atoms with Crippen molar-refractivity contribution in [1.82, 2.24) is 9.47 Å². The second-order valence-electron chi connectivity index (χ2n) is 10.1. The molecule has 4 heterocycles. The van der Waals surface area contributed by atoms with Crippen molar-refractivity contribution < 1.29 is 9.31 Å². The van der Waals surface area contributed by atoms with E-state index >= 15 is 0 Å². The van der Waals surface area contributed by atoms with Crippen molar-refractivity contribution >= 4 is 7.12 Å². The van der Waals surface area contributed by atoms with Crippen molar-refractivity contribution in [2.24, 2.45) is 5.92 Å². The summed E-state index contributed by atoms with van der Waals surface area (Å²) in [5.41, 5.74) is 1.68. The number of pyridine rings is 1. The maximum absolute atomic E-state index is 13.0. The van der Waals surface area contributed by atoms with Gasteiger partial charge >= 0.3 is 7.12 Å². The summed E-state index contributed by atoms with van der Waals surface area (Å²) in [7, 11) is -0.420. The number of aromatic nitrogens is 1. The third-order valence-corrected chi connectivity index (χ3v) is 7.58. The van der Waals surface area contributed by atoms with Crippen molar-refractivity contribution in [3.63, 3.8) is 0 Å². The fourth-order valence-electron chi connectivity index (χ4n) is 5.42. The molecule has 5 rings (SSSR count). The molecule has 3 aliphatic heterocycles. The highest BCUT2D eigenvalue weighted by atomic mass is 16.7. The van der Waals surface area contributed by atoms with Gasteiger partial charge < -0.3 is 13.9 Å². The maximum Gasteiger partial charge on any atom is 0.482 e. The van der Waals surface area contributed by atoms with Gasteiger partial charge in [0, 0.05) is 37.3 Å². The monoisotopic (exact) mass is 406 g/mol. The number of benzene rings is 1. The number of likely N-dealkylation sites (tertiary alicyclic amines) is 1. The van der Waals surface area contributed by atoms with Crippen LogP contribution in [0.2, 0.25) is 0 Å². The van der Waals surface area contributed by atoms with Crippen molar-refractivity contribution in [2.75, 3.05) is 13.1 Å². The summed E-state index contributed by atoms with van der Waals surface area (Å²) in [5.74, 6) is 0.569. The van der Waals surface area contributed by atoms with Crippen molar-refractivity contribution in [2.45, 2.75) is 63.7 Å². The van der Waals surface area contributed by atoms with Gasteiger partial charge in [0.05, 0.1) is 17.1 Å². The molecule has 2 fully saturated rings. The molecule has 0 N–H and O–H groups in total. The van der Waals surface area contributed by atoms with Crippen LogP contribution >= 0.6 is 0 Å². The van der Waals surface area contributed by atoms with Crippen LogP contribution in [-0.4, -0.2) is 40.9 Å². The van der Waals surface area contributed by atoms with Gasteiger partial charge in [-0.1, -0.05) is 36.4 Å². The van der Waals surface area contributed by atoms with Crippen LogP contribution in [0.25, 0.3) is 0 Å². The zero-order chi connectivity index (χ0) is 21.1. The number of piperidine rings is 1. The van der Waals surface area contributed by atoms with Gasteiger partial charge in [-0.15, -0.1) is 0 Å². The van der Waals surface area contributed by atoms with E-state index in [0.29, 0.717) is 11.8 Å². The zero-order valence-electron chi connectivity index (χ0n) is 18.4. The molecule has 2 aromatic rings. The standard InChI is InChI=1S/C24H31BN2O3/c1-23(2)24(3,4)30-25(29-23)22-19-13-18(20-11-8-12-21(28)27(20)22)15-26(16-19)14-17-9-6-5-7-10-17/h5-12,18-19,22H,13-16H2,1-4H3/t18-,19+,22-/m1/s1. The van der Waals surface area contributed by atoms with Gasteiger partial charge in [-0.3, -0.25) is 9.69 Å². The van der Waals surface area contributed by atoms with E-state index in [4.69, 9.17) is 9.31 Å². The normalized spacial score (nSPS) is 29.6. The van der Waals surface area contributed by atoms with Crippen LogP contribution in [0.1, 0.15) is 57.2 Å². The maximum atomic E-state index is 13.0. The van der Waals surface area contributed by atoms with Crippen molar-refractivity contribution in [1.29, 1.82) is 0 Å². The molecule has 0 unspecified atom stereocenters. The van der Waals surface area contributed by atoms with Gasteiger partial charge in [0.25, 0.3) is 5.56 Å². The summed E-state index contributed by atoms with van der Waals surface area (Å²) in [6, 6.07) is 16.3. The molecule has 1 aromatic carbocycles. The van der Waals surface area contributed by atoms with Crippen LogP contribution < -0.4 is 5.56 Å². The van der Waals surface area contributed by atoms with Crippen LogP contribution in [0.15, 0.2) is 53.3 Å². The highest BCUT2D eigenvalue weighted by Gasteiger charge is 2.58. The molecule has 5 nitrogen and oxygen atoms in total. The molecule has 0 amide bonds. The molecule has 1 aromatic heterocycles. The summed E-state index contributed by atoms with van der Waals surface area (Å²) in [6.07, 6.45) is 1.07. The average molecular weight is 406 g/mol. The highest BCUT2D eigenvalue weighted by Crippen LogP contribution is 2.47. The molecule has 0 spiro atoms. The van der Waals surface area contributed by atoms with Crippen LogP contribution in [0.4, 0.5) is 0 Å². The second kappa shape index (κ2) is 7.08. The first-order chi connectivity index (χ1) is 14.2. The van der Waals surface area contributed by atoms with Crippen LogP contribution in [0, 0.1) is 5.92 Å². The predicted molar refractivity (Wildman–Crippen MR) is 118 cm³/mol. The first kappa shape index (κ1) is 20.0. The fourth-order valence-corrected chi connectivity index (χ4v) is 5.42. The van der Waals surface area contributed by atoms with E-state index < -0.39 is 18.3 Å². The Morgan fingerprint density at radius 2 is 1.67 bits per heavy atom. The number of hydrogen-bond acceptors (Lipinski definition) is 4. The van der Waals surface area contributed by atoms with E-state index in [2.05, 4.69) is 69.0 Å². The highest BCUT2D eigenvalue weighted by molar-refractivity contribution is 6.46. The molecular formula is C24H31BN2O3. The first-order valence-corrected chi connectivity index (χ1v) is 11.1. The Kier molecular flexibility index (Phi) is 4.73. The molecule has 3 aliphatic rings. The Morgan fingerprint density at radius 3 is 2.37 bits per heavy atom. The largest absolute Gasteiger partial charge is 0.482 e. The fraction of sp³-hybridized carbons (Fsp3) is 0.542. The first-order valence-electron chi connectivity index (χ1n) is 11.1. The van der Waals surface area contributed by atoms with E-state index in [9.17, 15) is 4.79 Å². The molecule has 30 heavy (non-hydrogen) atoms. The number of hydrogen-bond donors (Lipinski definition) is 0. The number of rotatable bonds is 3. The molecule has 0 aliphatic carbocycles. The molecular weight excluding hydrogens is 375 g/mol. The second-order valence-corrected chi connectivity index (χ2v) is 10.1. The average Bonchev–Trinajstić information content (AvgIpc) is 2.90. The Morgan fingerprint density at radius 1 is 0.967 bits per heavy atom.